The fraction of sp³-hybridized carbons (Fsp3) is 0.154. The van der Waals surface area contributed by atoms with Gasteiger partial charge >= 0.3 is 0 Å². The molecule has 0 bridgehead atoms. The summed E-state index contributed by atoms with van der Waals surface area (Å²) >= 11 is 3.33. The van der Waals surface area contributed by atoms with Crippen LogP contribution in [0.25, 0.3) is 0 Å². The van der Waals surface area contributed by atoms with Gasteiger partial charge in [-0.15, -0.1) is 0 Å². The first kappa shape index (κ1) is 15.5. The summed E-state index contributed by atoms with van der Waals surface area (Å²) in [5.74, 6) is 0.252. The van der Waals surface area contributed by atoms with Gasteiger partial charge in [0.2, 0.25) is 0 Å². The Morgan fingerprint density at radius 1 is 1.45 bits per heavy atom. The molecule has 2 N–H and O–H groups in total. The molecule has 1 aromatic carbocycles. The molecule has 0 spiro atoms. The van der Waals surface area contributed by atoms with Crippen LogP contribution in [0.15, 0.2) is 34.4 Å². The molecule has 7 heteroatoms. The third-order valence-electron chi connectivity index (χ3n) is 2.20. The Hall–Kier alpha value is -2.51. The van der Waals surface area contributed by atoms with Crippen molar-refractivity contribution in [3.63, 3.8) is 0 Å². The number of nitriles is 2. The van der Waals surface area contributed by atoms with E-state index in [1.807, 2.05) is 0 Å². The average Bonchev–Trinajstić information content (AvgIpc) is 2.48. The van der Waals surface area contributed by atoms with E-state index in [1.54, 1.807) is 30.3 Å². The van der Waals surface area contributed by atoms with Crippen LogP contribution in [0.4, 0.5) is 5.69 Å². The van der Waals surface area contributed by atoms with Crippen LogP contribution in [0.2, 0.25) is 0 Å². The molecule has 0 heterocycles. The van der Waals surface area contributed by atoms with Crippen LogP contribution in [0.1, 0.15) is 0 Å². The number of likely N-dealkylation sites (N-methyl/N-ethyl adjacent to an activating group) is 1. The lowest BCUT2D eigenvalue weighted by molar-refractivity contribution is -0.122. The van der Waals surface area contributed by atoms with E-state index in [0.717, 1.165) is 4.47 Å². The first-order valence-electron chi connectivity index (χ1n) is 5.50. The molecule has 6 nitrogen and oxygen atoms in total. The summed E-state index contributed by atoms with van der Waals surface area (Å²) < 4.78 is 6.02. The van der Waals surface area contributed by atoms with Gasteiger partial charge in [-0.1, -0.05) is 0 Å². The third kappa shape index (κ3) is 4.63. The van der Waals surface area contributed by atoms with E-state index in [1.165, 1.54) is 13.2 Å². The maximum atomic E-state index is 11.1. The van der Waals surface area contributed by atoms with Gasteiger partial charge in [0.25, 0.3) is 5.91 Å². The SMILES string of the molecule is CNC(=O)COc1ccc(Br)c(NC=C(C#N)C#N)c1. The number of carbonyl (C=O) groups excluding carboxylic acids is 1. The smallest absolute Gasteiger partial charge is 0.257 e. The van der Waals surface area contributed by atoms with Crippen molar-refractivity contribution in [1.82, 2.24) is 5.32 Å². The highest BCUT2D eigenvalue weighted by molar-refractivity contribution is 9.10. The lowest BCUT2D eigenvalue weighted by Gasteiger charge is -2.09. The number of rotatable bonds is 5. The monoisotopic (exact) mass is 334 g/mol. The van der Waals surface area contributed by atoms with Gasteiger partial charge in [-0.2, -0.15) is 10.5 Å². The molecule has 0 saturated carbocycles. The van der Waals surface area contributed by atoms with Gasteiger partial charge in [-0.25, -0.2) is 0 Å². The summed E-state index contributed by atoms with van der Waals surface area (Å²) in [6.07, 6.45) is 1.29. The van der Waals surface area contributed by atoms with Crippen molar-refractivity contribution in [2.24, 2.45) is 0 Å². The number of carbonyl (C=O) groups is 1. The molecule has 0 saturated heterocycles. The predicted octanol–water partition coefficient (Wildman–Crippen LogP) is 1.92. The average molecular weight is 335 g/mol. The number of nitrogens with one attached hydrogen (secondary N) is 2. The third-order valence-corrected chi connectivity index (χ3v) is 2.89. The molecule has 20 heavy (non-hydrogen) atoms. The number of halogens is 1. The Bertz CT molecular complexity index is 598. The van der Waals surface area contributed by atoms with E-state index in [2.05, 4.69) is 26.6 Å². The number of anilines is 1. The van der Waals surface area contributed by atoms with E-state index < -0.39 is 0 Å². The first-order valence-corrected chi connectivity index (χ1v) is 6.30. The van der Waals surface area contributed by atoms with Crippen molar-refractivity contribution >= 4 is 27.5 Å². The Balaban J connectivity index is 2.82. The van der Waals surface area contributed by atoms with Gasteiger partial charge in [-0.05, 0) is 28.1 Å². The molecule has 0 aliphatic heterocycles. The summed E-state index contributed by atoms with van der Waals surface area (Å²) in [5.41, 5.74) is 0.566. The summed E-state index contributed by atoms with van der Waals surface area (Å²) in [6.45, 7) is -0.0882. The fourth-order valence-corrected chi connectivity index (χ4v) is 1.53. The normalized spacial score (nSPS) is 8.80. The largest absolute Gasteiger partial charge is 0.484 e. The summed E-state index contributed by atoms with van der Waals surface area (Å²) in [7, 11) is 1.52. The highest BCUT2D eigenvalue weighted by atomic mass is 79.9. The van der Waals surface area contributed by atoms with Gasteiger partial charge < -0.3 is 15.4 Å². The molecular formula is C13H11BrN4O2. The van der Waals surface area contributed by atoms with Crippen LogP contribution in [-0.4, -0.2) is 19.6 Å². The van der Waals surface area contributed by atoms with Crippen LogP contribution in [0.3, 0.4) is 0 Å². The zero-order chi connectivity index (χ0) is 15.0. The van der Waals surface area contributed by atoms with Gasteiger partial charge in [0.1, 0.15) is 23.5 Å². The molecule has 0 unspecified atom stereocenters. The van der Waals surface area contributed by atoms with Gasteiger partial charge in [0, 0.05) is 23.8 Å². The summed E-state index contributed by atoms with van der Waals surface area (Å²) in [4.78, 5) is 11.1. The minimum atomic E-state index is -0.237. The molecule has 0 radical (unpaired) electrons. The molecule has 0 atom stereocenters. The van der Waals surface area contributed by atoms with Crippen LogP contribution in [0.5, 0.6) is 5.75 Å². The molecule has 1 amide bonds. The number of ether oxygens (including phenoxy) is 1. The molecular weight excluding hydrogens is 324 g/mol. The highest BCUT2D eigenvalue weighted by Gasteiger charge is 2.04. The number of nitrogens with zero attached hydrogens (tertiary/aromatic N) is 2. The van der Waals surface area contributed by atoms with Crippen molar-refractivity contribution in [3.05, 3.63) is 34.4 Å². The number of hydrogen-bond acceptors (Lipinski definition) is 5. The maximum Gasteiger partial charge on any atom is 0.257 e. The van der Waals surface area contributed by atoms with Crippen molar-refractivity contribution < 1.29 is 9.53 Å². The predicted molar refractivity (Wildman–Crippen MR) is 76.6 cm³/mol. The fourth-order valence-electron chi connectivity index (χ4n) is 1.17. The quantitative estimate of drug-likeness (QED) is 0.801. The maximum absolute atomic E-state index is 11.1. The Labute approximate surface area is 124 Å². The minimum absolute atomic E-state index is 0.0476. The molecule has 1 rings (SSSR count). The van der Waals surface area contributed by atoms with Crippen molar-refractivity contribution in [1.29, 1.82) is 10.5 Å². The van der Waals surface area contributed by atoms with E-state index in [4.69, 9.17) is 15.3 Å². The second kappa shape index (κ2) is 7.82. The van der Waals surface area contributed by atoms with Crippen molar-refractivity contribution in [2.75, 3.05) is 19.0 Å². The molecule has 0 aliphatic carbocycles. The van der Waals surface area contributed by atoms with Crippen LogP contribution < -0.4 is 15.4 Å². The Kier molecular flexibility index (Phi) is 6.08. The second-order valence-corrected chi connectivity index (χ2v) is 4.38. The standard InChI is InChI=1S/C13H11BrN4O2/c1-17-13(19)8-20-10-2-3-11(14)12(4-10)18-7-9(5-15)6-16/h2-4,7,18H,8H2,1H3,(H,17,19). The topological polar surface area (TPSA) is 97.9 Å². The van der Waals surface area contributed by atoms with E-state index in [0.29, 0.717) is 11.4 Å². The number of benzene rings is 1. The Morgan fingerprint density at radius 3 is 2.75 bits per heavy atom. The molecule has 0 fully saturated rings. The Morgan fingerprint density at radius 2 is 2.15 bits per heavy atom. The minimum Gasteiger partial charge on any atom is -0.484 e. The van der Waals surface area contributed by atoms with Gasteiger partial charge in [-0.3, -0.25) is 4.79 Å². The second-order valence-electron chi connectivity index (χ2n) is 3.53. The number of amides is 1. The molecule has 0 aliphatic rings. The summed E-state index contributed by atoms with van der Waals surface area (Å²) in [6, 6.07) is 8.55. The van der Waals surface area contributed by atoms with Crippen LogP contribution in [0, 0.1) is 22.7 Å². The first-order chi connectivity index (χ1) is 9.60. The lowest BCUT2D eigenvalue weighted by Crippen LogP contribution is -2.24. The van der Waals surface area contributed by atoms with Crippen LogP contribution in [-0.2, 0) is 4.79 Å². The molecule has 1 aromatic rings. The highest BCUT2D eigenvalue weighted by Crippen LogP contribution is 2.27. The van der Waals surface area contributed by atoms with Gasteiger partial charge in [0.15, 0.2) is 6.61 Å². The van der Waals surface area contributed by atoms with Crippen LogP contribution >= 0.6 is 15.9 Å². The van der Waals surface area contributed by atoms with Gasteiger partial charge in [0.05, 0.1) is 5.69 Å². The van der Waals surface area contributed by atoms with E-state index >= 15 is 0 Å². The van der Waals surface area contributed by atoms with E-state index in [-0.39, 0.29) is 18.1 Å². The van der Waals surface area contributed by atoms with Crippen molar-refractivity contribution in [3.8, 4) is 17.9 Å². The zero-order valence-electron chi connectivity index (χ0n) is 10.6. The van der Waals surface area contributed by atoms with E-state index in [9.17, 15) is 4.79 Å². The van der Waals surface area contributed by atoms with Crippen molar-refractivity contribution in [2.45, 2.75) is 0 Å². The number of hydrogen-bond donors (Lipinski definition) is 2. The number of allylic oxidation sites excluding steroid dienone is 1. The summed E-state index contributed by atoms with van der Waals surface area (Å²) in [5, 5.41) is 22.5. The lowest BCUT2D eigenvalue weighted by atomic mass is 10.3. The molecule has 102 valence electrons. The zero-order valence-corrected chi connectivity index (χ0v) is 12.2. The molecule has 0 aromatic heterocycles.